The number of benzene rings is 5. The van der Waals surface area contributed by atoms with Crippen LogP contribution in [0, 0.1) is 0 Å². The molecule has 7 rings (SSSR count). The zero-order valence-corrected chi connectivity index (χ0v) is 29.7. The largest absolute Gasteiger partial charge is 0.748 e. The van der Waals surface area contributed by atoms with Crippen LogP contribution in [0.3, 0.4) is 0 Å². The van der Waals surface area contributed by atoms with Crippen molar-refractivity contribution in [1.29, 1.82) is 0 Å². The lowest BCUT2D eigenvalue weighted by atomic mass is 9.98. The molecular weight excluding hydrogens is 712 g/mol. The minimum Gasteiger partial charge on any atom is -0.748 e. The summed E-state index contributed by atoms with van der Waals surface area (Å²) in [6, 6.07) is 38.6. The minimum absolute atomic E-state index is 0.313. The monoisotopic (exact) mass is 741 g/mol. The molecule has 254 valence electrons. The maximum Gasteiger partial charge on any atom is 0.212 e. The fourth-order valence-electron chi connectivity index (χ4n) is 6.56. The number of aromatic nitrogens is 1. The third-order valence-electron chi connectivity index (χ3n) is 8.70. The molecule has 1 unspecified atom stereocenters. The Balaban J connectivity index is 1.34. The number of rotatable bonds is 12. The number of thioether (sulfide) groups is 1. The van der Waals surface area contributed by atoms with Gasteiger partial charge in [-0.1, -0.05) is 96.2 Å². The van der Waals surface area contributed by atoms with Crippen molar-refractivity contribution < 1.29 is 32.2 Å². The Morgan fingerprint density at radius 3 is 2.46 bits per heavy atom. The number of halogens is 1. The van der Waals surface area contributed by atoms with E-state index in [0.29, 0.717) is 24.4 Å². The number of nitrogens with zero attached hydrogens (tertiary/aromatic N) is 2. The third kappa shape index (κ3) is 7.70. The zero-order valence-electron chi connectivity index (χ0n) is 26.5. The fraction of sp³-hybridized carbons (Fsp3) is 0.132. The Morgan fingerprint density at radius 1 is 0.880 bits per heavy atom. The number of hydrogen-bond donors (Lipinski definition) is 0. The summed E-state index contributed by atoms with van der Waals surface area (Å²) in [6.07, 6.45) is 2.98. The molecular formula is C38H30ClN2O6S3-. The van der Waals surface area contributed by atoms with Crippen LogP contribution >= 0.6 is 35.4 Å². The van der Waals surface area contributed by atoms with Crippen molar-refractivity contribution in [3.8, 4) is 0 Å². The second-order valence-electron chi connectivity index (χ2n) is 11.8. The van der Waals surface area contributed by atoms with Crippen LogP contribution in [0.2, 0.25) is 5.02 Å². The van der Waals surface area contributed by atoms with Gasteiger partial charge in [-0.3, -0.25) is 5.04 Å². The smallest absolute Gasteiger partial charge is 0.212 e. The highest BCUT2D eigenvalue weighted by Crippen LogP contribution is 2.49. The molecule has 6 aromatic rings. The van der Waals surface area contributed by atoms with Crippen LogP contribution in [-0.2, 0) is 38.9 Å². The van der Waals surface area contributed by atoms with E-state index in [-0.39, 0.29) is 0 Å². The molecule has 0 amide bonds. The van der Waals surface area contributed by atoms with Gasteiger partial charge in [0.25, 0.3) is 0 Å². The highest BCUT2D eigenvalue weighted by molar-refractivity contribution is 8.04. The number of para-hydroxylation sites is 1. The fourth-order valence-corrected chi connectivity index (χ4v) is 9.13. The summed E-state index contributed by atoms with van der Waals surface area (Å²) in [7, 11) is -4.64. The van der Waals surface area contributed by atoms with E-state index >= 15 is 0 Å². The predicted molar refractivity (Wildman–Crippen MR) is 196 cm³/mol. The van der Waals surface area contributed by atoms with Crippen molar-refractivity contribution >= 4 is 79.0 Å². The number of pyridine rings is 1. The first-order valence-electron chi connectivity index (χ1n) is 15.8. The van der Waals surface area contributed by atoms with E-state index in [1.807, 2.05) is 114 Å². The summed E-state index contributed by atoms with van der Waals surface area (Å²) in [4.78, 5) is 3.64. The van der Waals surface area contributed by atoms with Gasteiger partial charge in [0.2, 0.25) is 11.2 Å². The lowest BCUT2D eigenvalue weighted by Gasteiger charge is -2.32. The lowest BCUT2D eigenvalue weighted by Crippen LogP contribution is -2.41. The maximum atomic E-state index is 12.5. The molecule has 1 aliphatic heterocycles. The van der Waals surface area contributed by atoms with Crippen molar-refractivity contribution in [2.75, 3.05) is 10.7 Å². The van der Waals surface area contributed by atoms with Gasteiger partial charge < -0.3 is 14.7 Å². The molecule has 1 atom stereocenters. The number of anilines is 1. The molecule has 5 aromatic carbocycles. The van der Waals surface area contributed by atoms with Gasteiger partial charge in [-0.25, -0.2) is 8.42 Å². The first-order chi connectivity index (χ1) is 24.3. The molecule has 0 saturated heterocycles. The molecule has 8 nitrogen and oxygen atoms in total. The number of hydrogen-bond acceptors (Lipinski definition) is 9. The molecule has 0 aliphatic carbocycles. The third-order valence-corrected chi connectivity index (χ3v) is 11.5. The highest BCUT2D eigenvalue weighted by atomic mass is 35.5. The second-order valence-corrected chi connectivity index (χ2v) is 15.5. The van der Waals surface area contributed by atoms with Gasteiger partial charge in [-0.2, -0.15) is 8.90 Å². The van der Waals surface area contributed by atoms with E-state index in [1.54, 1.807) is 0 Å². The molecule has 0 spiro atoms. The Labute approximate surface area is 303 Å². The zero-order chi connectivity index (χ0) is 34.7. The molecule has 0 bridgehead atoms. The first kappa shape index (κ1) is 34.5. The highest BCUT2D eigenvalue weighted by Gasteiger charge is 2.34. The Morgan fingerprint density at radius 2 is 1.62 bits per heavy atom. The van der Waals surface area contributed by atoms with Gasteiger partial charge in [0, 0.05) is 44.8 Å². The second kappa shape index (κ2) is 15.1. The summed E-state index contributed by atoms with van der Waals surface area (Å²) in [5, 5.41) is 18.5. The SMILES string of the molecule is O=S(=O)([O-])CC(Cc1cccc2ccccc12)N1C(=Cc2ccc3ccccc3[n+]2CCc2ccccc2SOO[O-])Sc2ccc(Cl)cc21. The van der Waals surface area contributed by atoms with Crippen LogP contribution in [0.4, 0.5) is 5.69 Å². The normalized spacial score (nSPS) is 14.5. The van der Waals surface area contributed by atoms with Crippen LogP contribution in [0.15, 0.2) is 136 Å². The van der Waals surface area contributed by atoms with Crippen molar-refractivity contribution in [2.24, 2.45) is 0 Å². The summed E-state index contributed by atoms with van der Waals surface area (Å²) < 4.78 is 44.5. The van der Waals surface area contributed by atoms with Gasteiger partial charge in [0.05, 0.1) is 44.7 Å². The minimum atomic E-state index is -4.64. The van der Waals surface area contributed by atoms with Crippen LogP contribution in [0.25, 0.3) is 27.8 Å². The van der Waals surface area contributed by atoms with Crippen molar-refractivity contribution in [2.45, 2.75) is 35.2 Å². The van der Waals surface area contributed by atoms with E-state index in [1.165, 1.54) is 11.8 Å². The number of aryl methyl sites for hydroxylation is 2. The molecule has 0 radical (unpaired) electrons. The maximum absolute atomic E-state index is 12.5. The molecule has 0 N–H and O–H groups in total. The summed E-state index contributed by atoms with van der Waals surface area (Å²) in [5.41, 5.74) is 4.56. The van der Waals surface area contributed by atoms with Gasteiger partial charge >= 0.3 is 0 Å². The standard InChI is InChI=1S/C38H31ClN2O6S3/c39-30-17-19-37-35(23-30)41(32(25-50(43,44)45)22-29-12-7-11-26-8-1-4-13-33(26)29)38(48-37)24-31-18-16-27-9-2-5-14-34(27)40(31)21-20-28-10-3-6-15-36(28)49-47-46-42/h1-19,23-24,32H,20-22,25H2,(H-,42,43,44,45)/p-1. The van der Waals surface area contributed by atoms with Crippen LogP contribution in [0.5, 0.6) is 0 Å². The van der Waals surface area contributed by atoms with Gasteiger partial charge in [0.15, 0.2) is 6.54 Å². The quantitative estimate of drug-likeness (QED) is 0.0415. The summed E-state index contributed by atoms with van der Waals surface area (Å²) >= 11 is 8.91. The van der Waals surface area contributed by atoms with Crippen molar-refractivity contribution in [1.82, 2.24) is 0 Å². The van der Waals surface area contributed by atoms with E-state index in [9.17, 15) is 18.2 Å². The summed E-state index contributed by atoms with van der Waals surface area (Å²) in [6.45, 7) is 0.577. The van der Waals surface area contributed by atoms with E-state index in [2.05, 4.69) is 32.1 Å². The van der Waals surface area contributed by atoms with E-state index in [4.69, 9.17) is 11.6 Å². The molecule has 1 aromatic heterocycles. The average molecular weight is 742 g/mol. The van der Waals surface area contributed by atoms with E-state index < -0.39 is 21.9 Å². The number of fused-ring (bicyclic) bond motifs is 3. The van der Waals surface area contributed by atoms with E-state index in [0.717, 1.165) is 71.0 Å². The van der Waals surface area contributed by atoms with Crippen LogP contribution < -0.4 is 14.7 Å². The van der Waals surface area contributed by atoms with Crippen LogP contribution in [-0.4, -0.2) is 24.8 Å². The molecule has 2 heterocycles. The molecule has 12 heteroatoms. The molecule has 0 saturated carbocycles. The van der Waals surface area contributed by atoms with Gasteiger partial charge in [-0.15, -0.1) is 0 Å². The topological polar surface area (TPSA) is 106 Å². The van der Waals surface area contributed by atoms with Crippen molar-refractivity contribution in [3.63, 3.8) is 0 Å². The Bertz CT molecular complexity index is 2330. The summed E-state index contributed by atoms with van der Waals surface area (Å²) in [5.74, 6) is -0.596. The molecule has 1 aliphatic rings. The lowest BCUT2D eigenvalue weighted by molar-refractivity contribution is -0.777. The van der Waals surface area contributed by atoms with Crippen molar-refractivity contribution in [3.05, 3.63) is 148 Å². The van der Waals surface area contributed by atoms with Crippen LogP contribution in [0.1, 0.15) is 16.8 Å². The molecule has 50 heavy (non-hydrogen) atoms. The predicted octanol–water partition coefficient (Wildman–Crippen LogP) is 7.47. The van der Waals surface area contributed by atoms with Gasteiger partial charge in [-0.05, 0) is 64.7 Å². The Kier molecular flexibility index (Phi) is 10.5. The van der Waals surface area contributed by atoms with Gasteiger partial charge in [0.1, 0.15) is 0 Å². The average Bonchev–Trinajstić information content (AvgIpc) is 3.46. The molecule has 0 fully saturated rings. The Hall–Kier alpha value is -3.91. The first-order valence-corrected chi connectivity index (χ1v) is 19.3.